The maximum absolute atomic E-state index is 12.3. The van der Waals surface area contributed by atoms with E-state index in [1.807, 2.05) is 6.07 Å². The summed E-state index contributed by atoms with van der Waals surface area (Å²) in [4.78, 5) is 24.1. The van der Waals surface area contributed by atoms with Gasteiger partial charge < -0.3 is 14.2 Å². The summed E-state index contributed by atoms with van der Waals surface area (Å²) in [6, 6.07) is 7.06. The summed E-state index contributed by atoms with van der Waals surface area (Å²) in [5, 5.41) is 0. The third kappa shape index (κ3) is 1.82. The Morgan fingerprint density at radius 2 is 2.16 bits per heavy atom. The molecule has 0 fully saturated rings. The third-order valence-electron chi connectivity index (χ3n) is 3.09. The van der Waals surface area contributed by atoms with Gasteiger partial charge >= 0.3 is 5.97 Å². The highest BCUT2D eigenvalue weighted by molar-refractivity contribution is 6.08. The number of ketones is 1. The normalized spacial score (nSPS) is 24.1. The summed E-state index contributed by atoms with van der Waals surface area (Å²) < 4.78 is 15.8. The minimum atomic E-state index is -0.937. The first kappa shape index (κ1) is 11.9. The Bertz CT molecular complexity index is 575. The van der Waals surface area contributed by atoms with Crippen LogP contribution in [0.25, 0.3) is 0 Å². The molecule has 19 heavy (non-hydrogen) atoms. The fourth-order valence-electron chi connectivity index (χ4n) is 2.21. The molecule has 0 amide bonds. The summed E-state index contributed by atoms with van der Waals surface area (Å²) in [6.45, 7) is 1.93. The molecule has 2 atom stereocenters. The molecule has 2 aliphatic rings. The first-order valence-corrected chi connectivity index (χ1v) is 6.03. The second kappa shape index (κ2) is 4.51. The highest BCUT2D eigenvalue weighted by Gasteiger charge is 2.42. The Hall–Kier alpha value is -2.14. The molecule has 0 aromatic heterocycles. The zero-order valence-electron chi connectivity index (χ0n) is 10.3. The molecule has 0 unspecified atom stereocenters. The number of carbonyl (C=O) groups excluding carboxylic acids is 2. The second-order valence-electron chi connectivity index (χ2n) is 4.23. The molecule has 0 saturated carbocycles. The van der Waals surface area contributed by atoms with Crippen LogP contribution in [0.4, 0.5) is 0 Å². The van der Waals surface area contributed by atoms with Gasteiger partial charge in [0.15, 0.2) is 11.9 Å². The molecule has 3 rings (SSSR count). The van der Waals surface area contributed by atoms with E-state index in [0.29, 0.717) is 11.1 Å². The maximum Gasteiger partial charge on any atom is 0.340 e. The van der Waals surface area contributed by atoms with Gasteiger partial charge in [0.2, 0.25) is 6.29 Å². The molecule has 98 valence electrons. The number of esters is 1. The van der Waals surface area contributed by atoms with Gasteiger partial charge in [-0.25, -0.2) is 4.79 Å². The smallest absolute Gasteiger partial charge is 0.340 e. The first-order chi connectivity index (χ1) is 9.22. The Morgan fingerprint density at radius 1 is 1.37 bits per heavy atom. The molecule has 0 N–H and O–H groups in total. The molecule has 2 aliphatic heterocycles. The summed E-state index contributed by atoms with van der Waals surface area (Å²) in [5.41, 5.74) is 1.32. The van der Waals surface area contributed by atoms with Gasteiger partial charge in [-0.3, -0.25) is 4.79 Å². The number of fused-ring (bicyclic) bond motifs is 4. The van der Waals surface area contributed by atoms with Gasteiger partial charge in [-0.15, -0.1) is 0 Å². The van der Waals surface area contributed by atoms with Crippen molar-refractivity contribution in [3.63, 3.8) is 0 Å². The van der Waals surface area contributed by atoms with Crippen LogP contribution < -0.4 is 0 Å². The molecule has 5 nitrogen and oxygen atoms in total. The molecule has 0 spiro atoms. The van der Waals surface area contributed by atoms with Gasteiger partial charge in [-0.05, 0) is 6.92 Å². The van der Waals surface area contributed by atoms with E-state index in [1.165, 1.54) is 6.26 Å². The zero-order valence-corrected chi connectivity index (χ0v) is 10.3. The lowest BCUT2D eigenvalue weighted by molar-refractivity contribution is -0.160. The lowest BCUT2D eigenvalue weighted by Gasteiger charge is -2.34. The van der Waals surface area contributed by atoms with E-state index in [2.05, 4.69) is 0 Å². The number of hydrogen-bond donors (Lipinski definition) is 0. The van der Waals surface area contributed by atoms with Gasteiger partial charge in [-0.2, -0.15) is 0 Å². The van der Waals surface area contributed by atoms with Crippen molar-refractivity contribution in [2.75, 3.05) is 6.61 Å². The van der Waals surface area contributed by atoms with Gasteiger partial charge in [0.25, 0.3) is 0 Å². The summed E-state index contributed by atoms with van der Waals surface area (Å²) >= 11 is 0. The number of ether oxygens (including phenoxy) is 3. The molecule has 1 aromatic carbocycles. The topological polar surface area (TPSA) is 61.8 Å². The molecule has 0 radical (unpaired) electrons. The molecule has 2 heterocycles. The van der Waals surface area contributed by atoms with E-state index in [1.54, 1.807) is 25.1 Å². The van der Waals surface area contributed by atoms with Gasteiger partial charge in [0.05, 0.1) is 6.61 Å². The average Bonchev–Trinajstić information content (AvgIpc) is 2.45. The van der Waals surface area contributed by atoms with E-state index in [0.717, 1.165) is 0 Å². The van der Waals surface area contributed by atoms with Crippen LogP contribution in [0.3, 0.4) is 0 Å². The van der Waals surface area contributed by atoms with Crippen molar-refractivity contribution in [3.8, 4) is 0 Å². The number of carbonyl (C=O) groups is 2. The third-order valence-corrected chi connectivity index (χ3v) is 3.09. The molecule has 0 aliphatic carbocycles. The van der Waals surface area contributed by atoms with Crippen LogP contribution in [-0.4, -0.2) is 24.5 Å². The van der Waals surface area contributed by atoms with Crippen LogP contribution in [-0.2, 0) is 19.0 Å². The molecule has 5 heteroatoms. The highest BCUT2D eigenvalue weighted by atomic mass is 16.7. The van der Waals surface area contributed by atoms with Crippen molar-refractivity contribution >= 4 is 11.8 Å². The van der Waals surface area contributed by atoms with E-state index in [9.17, 15) is 9.59 Å². The van der Waals surface area contributed by atoms with Crippen LogP contribution in [0, 0.1) is 0 Å². The van der Waals surface area contributed by atoms with Crippen LogP contribution in [0.5, 0.6) is 0 Å². The minimum absolute atomic E-state index is 0.109. The second-order valence-corrected chi connectivity index (χ2v) is 4.23. The number of benzene rings is 1. The van der Waals surface area contributed by atoms with Crippen molar-refractivity contribution < 1.29 is 23.8 Å². The molecule has 2 bridgehead atoms. The Kier molecular flexibility index (Phi) is 2.83. The number of Topliss-reactive ketones (excluding diaryl/α,β-unsaturated/α-hetero) is 1. The van der Waals surface area contributed by atoms with E-state index in [4.69, 9.17) is 14.2 Å². The van der Waals surface area contributed by atoms with Crippen LogP contribution in [0.15, 0.2) is 36.1 Å². The highest BCUT2D eigenvalue weighted by Crippen LogP contribution is 2.37. The number of hydrogen-bond acceptors (Lipinski definition) is 5. The van der Waals surface area contributed by atoms with Crippen molar-refractivity contribution in [2.24, 2.45) is 0 Å². The summed E-state index contributed by atoms with van der Waals surface area (Å²) in [6.07, 6.45) is -0.310. The average molecular weight is 260 g/mol. The number of rotatable bonds is 2. The van der Waals surface area contributed by atoms with Crippen LogP contribution in [0.1, 0.15) is 29.1 Å². The van der Waals surface area contributed by atoms with Crippen molar-refractivity contribution in [3.05, 3.63) is 47.2 Å². The first-order valence-electron chi connectivity index (χ1n) is 6.03. The molecular formula is C14H12O5. The summed E-state index contributed by atoms with van der Waals surface area (Å²) in [5.74, 6) is -0.826. The van der Waals surface area contributed by atoms with E-state index >= 15 is 0 Å². The maximum atomic E-state index is 12.3. The molecular weight excluding hydrogens is 248 g/mol. The predicted molar refractivity (Wildman–Crippen MR) is 64.2 cm³/mol. The van der Waals surface area contributed by atoms with E-state index < -0.39 is 18.4 Å². The van der Waals surface area contributed by atoms with Crippen molar-refractivity contribution in [1.82, 2.24) is 0 Å². The SMILES string of the molecule is CCOC(=O)C1=CO[C@H]2O[C@@H]1C(=O)c1ccccc12. The largest absolute Gasteiger partial charge is 0.467 e. The molecule has 0 saturated heterocycles. The Balaban J connectivity index is 1.99. The fourth-order valence-corrected chi connectivity index (χ4v) is 2.21. The van der Waals surface area contributed by atoms with Gasteiger partial charge in [0.1, 0.15) is 11.8 Å². The minimum Gasteiger partial charge on any atom is -0.467 e. The fraction of sp³-hybridized carbons (Fsp3) is 0.286. The van der Waals surface area contributed by atoms with Crippen LogP contribution in [0.2, 0.25) is 0 Å². The van der Waals surface area contributed by atoms with Crippen molar-refractivity contribution in [1.29, 1.82) is 0 Å². The van der Waals surface area contributed by atoms with Gasteiger partial charge in [-0.1, -0.05) is 24.3 Å². The lowest BCUT2D eigenvalue weighted by Crippen LogP contribution is -2.40. The summed E-state index contributed by atoms with van der Waals surface area (Å²) in [7, 11) is 0. The Labute approximate surface area is 109 Å². The standard InChI is InChI=1S/C14H12O5/c1-2-17-13(16)10-7-18-14-9-6-4-3-5-8(9)11(15)12(10)19-14/h3-7,12,14H,2H2,1H3/t12-,14-/m0/s1. The van der Waals surface area contributed by atoms with Crippen molar-refractivity contribution in [2.45, 2.75) is 19.3 Å². The Morgan fingerprint density at radius 3 is 2.95 bits per heavy atom. The monoisotopic (exact) mass is 260 g/mol. The predicted octanol–water partition coefficient (Wildman–Crippen LogP) is 1.74. The lowest BCUT2D eigenvalue weighted by atomic mass is 9.92. The van der Waals surface area contributed by atoms with Gasteiger partial charge in [0, 0.05) is 11.1 Å². The molecule has 1 aromatic rings. The van der Waals surface area contributed by atoms with E-state index in [-0.39, 0.29) is 18.0 Å². The van der Waals surface area contributed by atoms with Crippen LogP contribution >= 0.6 is 0 Å². The zero-order chi connectivity index (χ0) is 13.4. The quantitative estimate of drug-likeness (QED) is 0.758.